The van der Waals surface area contributed by atoms with Crippen molar-refractivity contribution >= 4 is 19.8 Å². The molecule has 1 amide bonds. The van der Waals surface area contributed by atoms with Gasteiger partial charge in [-0.3, -0.25) is 4.79 Å². The number of anilines is 1. The van der Waals surface area contributed by atoms with E-state index in [1.165, 1.54) is 32.1 Å². The van der Waals surface area contributed by atoms with E-state index in [1.54, 1.807) is 31.2 Å². The van der Waals surface area contributed by atoms with Gasteiger partial charge < -0.3 is 5.32 Å². The minimum absolute atomic E-state index is 0.0312. The number of hydrogen-bond acceptors (Lipinski definition) is 3. The summed E-state index contributed by atoms with van der Waals surface area (Å²) in [5.41, 5.74) is 1.31. The summed E-state index contributed by atoms with van der Waals surface area (Å²) in [6, 6.07) is 7.28. The molecule has 23 heavy (non-hydrogen) atoms. The SMILES string of the molecule is CCO[P+](=O)Nc1ccc(C(=O)NC2CCCCCCC2)cc1. The van der Waals surface area contributed by atoms with Crippen LogP contribution >= 0.6 is 8.18 Å². The van der Waals surface area contributed by atoms with E-state index in [-0.39, 0.29) is 11.9 Å². The topological polar surface area (TPSA) is 67.4 Å². The molecule has 2 rings (SSSR count). The van der Waals surface area contributed by atoms with Crippen LogP contribution in [0.25, 0.3) is 0 Å². The molecule has 1 fully saturated rings. The fourth-order valence-electron chi connectivity index (χ4n) is 2.82. The normalized spacial score (nSPS) is 17.0. The molecule has 1 atom stereocenters. The number of rotatable bonds is 6. The van der Waals surface area contributed by atoms with Crippen molar-refractivity contribution in [1.82, 2.24) is 5.32 Å². The van der Waals surface area contributed by atoms with E-state index in [0.717, 1.165) is 12.8 Å². The highest BCUT2D eigenvalue weighted by Gasteiger charge is 2.18. The summed E-state index contributed by atoms with van der Waals surface area (Å²) < 4.78 is 16.5. The first-order valence-corrected chi connectivity index (χ1v) is 9.64. The molecule has 0 saturated heterocycles. The highest BCUT2D eigenvalue weighted by atomic mass is 31.1. The van der Waals surface area contributed by atoms with Crippen molar-refractivity contribution in [3.8, 4) is 0 Å². The van der Waals surface area contributed by atoms with Gasteiger partial charge in [-0.15, -0.1) is 4.52 Å². The number of amides is 1. The molecule has 1 aromatic carbocycles. The van der Waals surface area contributed by atoms with Crippen molar-refractivity contribution in [2.75, 3.05) is 11.7 Å². The lowest BCUT2D eigenvalue weighted by Gasteiger charge is -2.21. The Morgan fingerprint density at radius 3 is 2.35 bits per heavy atom. The minimum Gasteiger partial charge on any atom is -0.349 e. The van der Waals surface area contributed by atoms with Crippen molar-refractivity contribution in [3.63, 3.8) is 0 Å². The minimum atomic E-state index is -1.90. The van der Waals surface area contributed by atoms with Crippen LogP contribution in [0, 0.1) is 0 Å². The number of nitrogens with one attached hydrogen (secondary N) is 2. The van der Waals surface area contributed by atoms with Crippen molar-refractivity contribution in [1.29, 1.82) is 0 Å². The van der Waals surface area contributed by atoms with Gasteiger partial charge in [-0.2, -0.15) is 5.09 Å². The molecule has 5 nitrogen and oxygen atoms in total. The molecule has 0 radical (unpaired) electrons. The van der Waals surface area contributed by atoms with Gasteiger partial charge in [0.25, 0.3) is 5.91 Å². The van der Waals surface area contributed by atoms with E-state index in [0.29, 0.717) is 17.9 Å². The van der Waals surface area contributed by atoms with Crippen molar-refractivity contribution in [3.05, 3.63) is 29.8 Å². The number of hydrogen-bond donors (Lipinski definition) is 2. The van der Waals surface area contributed by atoms with E-state index in [2.05, 4.69) is 10.4 Å². The third-order valence-corrected chi connectivity index (χ3v) is 4.99. The van der Waals surface area contributed by atoms with E-state index in [9.17, 15) is 9.36 Å². The van der Waals surface area contributed by atoms with Crippen LogP contribution in [0.2, 0.25) is 0 Å². The smallest absolute Gasteiger partial charge is 0.349 e. The molecule has 1 aliphatic rings. The third-order valence-electron chi connectivity index (χ3n) is 4.05. The Morgan fingerprint density at radius 2 is 1.74 bits per heavy atom. The first kappa shape index (κ1) is 17.9. The molecule has 0 heterocycles. The maximum atomic E-state index is 12.3. The van der Waals surface area contributed by atoms with Crippen LogP contribution in [0.3, 0.4) is 0 Å². The molecule has 1 aromatic rings. The zero-order valence-corrected chi connectivity index (χ0v) is 14.6. The maximum Gasteiger partial charge on any atom is 0.643 e. The molecule has 0 spiro atoms. The Kier molecular flexibility index (Phi) is 7.50. The van der Waals surface area contributed by atoms with Crippen molar-refractivity contribution in [2.24, 2.45) is 0 Å². The van der Waals surface area contributed by atoms with E-state index < -0.39 is 8.18 Å². The summed E-state index contributed by atoms with van der Waals surface area (Å²) in [5.74, 6) is -0.0312. The molecule has 6 heteroatoms. The van der Waals surface area contributed by atoms with Crippen LogP contribution < -0.4 is 10.4 Å². The second-order valence-electron chi connectivity index (χ2n) is 5.88. The van der Waals surface area contributed by atoms with Gasteiger partial charge in [0.05, 0.1) is 5.69 Å². The van der Waals surface area contributed by atoms with Gasteiger partial charge >= 0.3 is 8.18 Å². The standard InChI is InChI=1S/C17H25N2O3P/c1-2-22-23(21)19-16-12-10-14(11-13-16)17(20)18-15-8-6-4-3-5-7-9-15/h10-13,15H,2-9H2,1H3,(H-,18,19,20,21)/p+1. The van der Waals surface area contributed by atoms with E-state index in [4.69, 9.17) is 4.52 Å². The zero-order chi connectivity index (χ0) is 16.5. The lowest BCUT2D eigenvalue weighted by atomic mass is 9.96. The first-order chi connectivity index (χ1) is 11.2. The van der Waals surface area contributed by atoms with Crippen molar-refractivity contribution < 1.29 is 13.9 Å². The third kappa shape index (κ3) is 6.28. The summed E-state index contributed by atoms with van der Waals surface area (Å²) in [6.45, 7) is 2.18. The predicted molar refractivity (Wildman–Crippen MR) is 92.9 cm³/mol. The molecule has 0 aliphatic heterocycles. The second kappa shape index (κ2) is 9.64. The van der Waals surface area contributed by atoms with E-state index >= 15 is 0 Å². The molecule has 0 aromatic heterocycles. The summed E-state index contributed by atoms with van der Waals surface area (Å²) in [7, 11) is -1.90. The molecular formula is C17H26N2O3P+. The van der Waals surface area contributed by atoms with E-state index in [1.807, 2.05) is 0 Å². The van der Waals surface area contributed by atoms with Crippen LogP contribution in [-0.4, -0.2) is 18.6 Å². The second-order valence-corrected chi connectivity index (χ2v) is 6.88. The Balaban J connectivity index is 1.87. The van der Waals surface area contributed by atoms with Gasteiger partial charge in [-0.1, -0.05) is 32.1 Å². The Bertz CT molecular complexity index is 511. The Labute approximate surface area is 139 Å². The van der Waals surface area contributed by atoms with Crippen LogP contribution in [0.1, 0.15) is 62.2 Å². The maximum absolute atomic E-state index is 12.3. The number of carbonyl (C=O) groups excluding carboxylic acids is 1. The lowest BCUT2D eigenvalue weighted by molar-refractivity contribution is 0.0930. The quantitative estimate of drug-likeness (QED) is 0.742. The summed E-state index contributed by atoms with van der Waals surface area (Å²) in [6.07, 6.45) is 8.38. The van der Waals surface area contributed by atoms with Gasteiger partial charge in [-0.05, 0) is 48.6 Å². The number of benzene rings is 1. The summed E-state index contributed by atoms with van der Waals surface area (Å²) in [4.78, 5) is 12.3. The van der Waals surface area contributed by atoms with Gasteiger partial charge in [0.1, 0.15) is 6.61 Å². The highest BCUT2D eigenvalue weighted by Crippen LogP contribution is 2.25. The zero-order valence-electron chi connectivity index (χ0n) is 13.7. The summed E-state index contributed by atoms with van der Waals surface area (Å²) in [5, 5.41) is 5.90. The molecule has 1 saturated carbocycles. The van der Waals surface area contributed by atoms with Crippen LogP contribution in [-0.2, 0) is 9.09 Å². The molecule has 0 bridgehead atoms. The Hall–Kier alpha value is -1.45. The van der Waals surface area contributed by atoms with Crippen molar-refractivity contribution in [2.45, 2.75) is 57.9 Å². The summed E-state index contributed by atoms with van der Waals surface area (Å²) >= 11 is 0. The molecule has 126 valence electrons. The van der Waals surface area contributed by atoms with Crippen LogP contribution in [0.15, 0.2) is 24.3 Å². The average Bonchev–Trinajstić information content (AvgIpc) is 2.50. The lowest BCUT2D eigenvalue weighted by Crippen LogP contribution is -2.35. The fraction of sp³-hybridized carbons (Fsp3) is 0.588. The molecule has 1 unspecified atom stereocenters. The average molecular weight is 337 g/mol. The fourth-order valence-corrected chi connectivity index (χ4v) is 3.48. The first-order valence-electron chi connectivity index (χ1n) is 8.47. The molecule has 1 aliphatic carbocycles. The van der Waals surface area contributed by atoms with Crippen LogP contribution in [0.4, 0.5) is 5.69 Å². The van der Waals surface area contributed by atoms with Gasteiger partial charge in [0, 0.05) is 11.6 Å². The van der Waals surface area contributed by atoms with Gasteiger partial charge in [-0.25, -0.2) is 0 Å². The van der Waals surface area contributed by atoms with Gasteiger partial charge in [0.15, 0.2) is 0 Å². The highest BCUT2D eigenvalue weighted by molar-refractivity contribution is 7.40. The van der Waals surface area contributed by atoms with Crippen LogP contribution in [0.5, 0.6) is 0 Å². The molecular weight excluding hydrogens is 311 g/mol. The largest absolute Gasteiger partial charge is 0.643 e. The Morgan fingerprint density at radius 1 is 1.13 bits per heavy atom. The number of carbonyl (C=O) groups is 1. The van der Waals surface area contributed by atoms with Gasteiger partial charge in [0.2, 0.25) is 0 Å². The predicted octanol–water partition coefficient (Wildman–Crippen LogP) is 4.64. The molecule has 2 N–H and O–H groups in total. The monoisotopic (exact) mass is 337 g/mol.